The number of hydrogen-bond acceptors (Lipinski definition) is 5. The van der Waals surface area contributed by atoms with Crippen molar-refractivity contribution in [1.82, 2.24) is 4.98 Å². The molecule has 1 aromatic heterocycles. The van der Waals surface area contributed by atoms with Gasteiger partial charge in [0.2, 0.25) is 0 Å². The lowest BCUT2D eigenvalue weighted by Gasteiger charge is -2.15. The second kappa shape index (κ2) is 12.4. The van der Waals surface area contributed by atoms with Crippen LogP contribution in [0.15, 0.2) is 95.5 Å². The van der Waals surface area contributed by atoms with Gasteiger partial charge < -0.3 is 14.8 Å². The van der Waals surface area contributed by atoms with Crippen molar-refractivity contribution in [2.45, 2.75) is 27.4 Å². The lowest BCUT2D eigenvalue weighted by molar-refractivity contribution is -0.119. The molecule has 0 bridgehead atoms. The van der Waals surface area contributed by atoms with E-state index in [0.717, 1.165) is 32.5 Å². The number of nitrogens with zero attached hydrogens (tertiary/aromatic N) is 1. The normalized spacial score (nSPS) is 10.8. The van der Waals surface area contributed by atoms with E-state index in [1.54, 1.807) is 0 Å². The maximum Gasteiger partial charge on any atom is 0.339 e. The highest BCUT2D eigenvalue weighted by atomic mass is 79.9. The van der Waals surface area contributed by atoms with Crippen LogP contribution < -0.4 is 10.1 Å². The molecule has 0 saturated carbocycles. The molecule has 0 saturated heterocycles. The number of para-hydroxylation sites is 1. The van der Waals surface area contributed by atoms with Crippen molar-refractivity contribution < 1.29 is 19.1 Å². The van der Waals surface area contributed by atoms with Gasteiger partial charge in [-0.1, -0.05) is 64.5 Å². The summed E-state index contributed by atoms with van der Waals surface area (Å²) in [4.78, 5) is 30.9. The quantitative estimate of drug-likeness (QED) is 0.181. The smallest absolute Gasteiger partial charge is 0.339 e. The van der Waals surface area contributed by atoms with Gasteiger partial charge in [0.25, 0.3) is 5.91 Å². The molecule has 41 heavy (non-hydrogen) atoms. The number of anilines is 1. The molecule has 0 atom stereocenters. The fourth-order valence-corrected chi connectivity index (χ4v) is 5.04. The third-order valence-corrected chi connectivity index (χ3v) is 7.90. The molecule has 1 heterocycles. The van der Waals surface area contributed by atoms with Crippen molar-refractivity contribution in [3.05, 3.63) is 123 Å². The van der Waals surface area contributed by atoms with Gasteiger partial charge in [-0.15, -0.1) is 0 Å². The summed E-state index contributed by atoms with van der Waals surface area (Å²) in [5, 5.41) is 3.51. The van der Waals surface area contributed by atoms with E-state index < -0.39 is 18.5 Å². The van der Waals surface area contributed by atoms with E-state index in [1.165, 1.54) is 0 Å². The Kier molecular flexibility index (Phi) is 8.45. The summed E-state index contributed by atoms with van der Waals surface area (Å²) in [6.07, 6.45) is 0. The predicted molar refractivity (Wildman–Crippen MR) is 165 cm³/mol. The van der Waals surface area contributed by atoms with E-state index in [2.05, 4.69) is 21.2 Å². The van der Waals surface area contributed by atoms with Crippen LogP contribution in [0.25, 0.3) is 22.2 Å². The van der Waals surface area contributed by atoms with Crippen LogP contribution in [0, 0.1) is 20.8 Å². The van der Waals surface area contributed by atoms with E-state index >= 15 is 0 Å². The minimum Gasteiger partial charge on any atom is -0.489 e. The highest BCUT2D eigenvalue weighted by molar-refractivity contribution is 9.10. The number of esters is 1. The first-order chi connectivity index (χ1) is 19.8. The number of halogens is 1. The van der Waals surface area contributed by atoms with Gasteiger partial charge in [0.05, 0.1) is 16.8 Å². The second-order valence-electron chi connectivity index (χ2n) is 9.75. The molecule has 0 aliphatic rings. The molecule has 7 heteroatoms. The van der Waals surface area contributed by atoms with Gasteiger partial charge in [0.1, 0.15) is 12.4 Å². The Bertz CT molecular complexity index is 1730. The summed E-state index contributed by atoms with van der Waals surface area (Å²) < 4.78 is 12.4. The van der Waals surface area contributed by atoms with Gasteiger partial charge in [-0.25, -0.2) is 9.78 Å². The maximum atomic E-state index is 13.4. The van der Waals surface area contributed by atoms with Crippen LogP contribution >= 0.6 is 15.9 Å². The molecule has 4 aromatic carbocycles. The summed E-state index contributed by atoms with van der Waals surface area (Å²) in [7, 11) is 0. The van der Waals surface area contributed by atoms with E-state index in [9.17, 15) is 9.59 Å². The molecule has 0 aliphatic heterocycles. The molecule has 6 nitrogen and oxygen atoms in total. The molecule has 0 aliphatic carbocycles. The summed E-state index contributed by atoms with van der Waals surface area (Å²) in [6, 6.07) is 28.7. The first-order valence-corrected chi connectivity index (χ1v) is 14.0. The van der Waals surface area contributed by atoms with Gasteiger partial charge in [0.15, 0.2) is 6.61 Å². The molecule has 206 valence electrons. The van der Waals surface area contributed by atoms with Crippen molar-refractivity contribution in [3.8, 4) is 17.0 Å². The zero-order valence-electron chi connectivity index (χ0n) is 23.0. The number of ether oxygens (including phenoxy) is 2. The number of aromatic nitrogens is 1. The number of fused-ring (bicyclic) bond motifs is 1. The zero-order valence-corrected chi connectivity index (χ0v) is 24.6. The van der Waals surface area contributed by atoms with Crippen molar-refractivity contribution in [1.29, 1.82) is 0 Å². The minimum absolute atomic E-state index is 0.387. The number of carbonyl (C=O) groups excluding carboxylic acids is 2. The third kappa shape index (κ3) is 6.31. The van der Waals surface area contributed by atoms with Gasteiger partial charge in [0, 0.05) is 21.1 Å². The standard InChI is InChI=1S/C34H29BrN2O4/c1-21-22(2)29(18-17-28(21)35)36-31(38)20-41-34(39)32-23(3)33(37-30-12-8-7-11-27(30)32)25-13-15-26(16-14-25)40-19-24-9-5-4-6-10-24/h4-18H,19-20H2,1-3H3,(H,36,38). The van der Waals surface area contributed by atoms with Crippen molar-refractivity contribution in [2.75, 3.05) is 11.9 Å². The largest absolute Gasteiger partial charge is 0.489 e. The Balaban J connectivity index is 1.35. The van der Waals surface area contributed by atoms with Crippen LogP contribution in [0.3, 0.4) is 0 Å². The first kappa shape index (κ1) is 28.1. The summed E-state index contributed by atoms with van der Waals surface area (Å²) in [5.41, 5.74) is 6.96. The number of pyridine rings is 1. The lowest BCUT2D eigenvalue weighted by Crippen LogP contribution is -2.22. The van der Waals surface area contributed by atoms with Crippen LogP contribution in [0.1, 0.15) is 32.6 Å². The van der Waals surface area contributed by atoms with Crippen molar-refractivity contribution in [2.24, 2.45) is 0 Å². The highest BCUT2D eigenvalue weighted by Gasteiger charge is 2.21. The summed E-state index contributed by atoms with van der Waals surface area (Å²) in [6.45, 7) is 5.80. The molecule has 1 amide bonds. The average Bonchev–Trinajstić information content (AvgIpc) is 2.99. The van der Waals surface area contributed by atoms with Gasteiger partial charge >= 0.3 is 5.97 Å². The Morgan fingerprint density at radius 3 is 2.27 bits per heavy atom. The fourth-order valence-electron chi connectivity index (χ4n) is 4.61. The highest BCUT2D eigenvalue weighted by Crippen LogP contribution is 2.31. The van der Waals surface area contributed by atoms with E-state index in [4.69, 9.17) is 14.5 Å². The van der Waals surface area contributed by atoms with Crippen LogP contribution in [0.2, 0.25) is 0 Å². The summed E-state index contributed by atoms with van der Waals surface area (Å²) >= 11 is 3.50. The molecule has 1 N–H and O–H groups in total. The topological polar surface area (TPSA) is 77.5 Å². The van der Waals surface area contributed by atoms with Crippen molar-refractivity contribution >= 4 is 44.4 Å². The number of hydrogen-bond donors (Lipinski definition) is 1. The van der Waals surface area contributed by atoms with Crippen LogP contribution in [0.4, 0.5) is 5.69 Å². The molecule has 0 unspecified atom stereocenters. The van der Waals surface area contributed by atoms with E-state index in [-0.39, 0.29) is 0 Å². The van der Waals surface area contributed by atoms with E-state index in [0.29, 0.717) is 40.0 Å². The van der Waals surface area contributed by atoms with Gasteiger partial charge in [-0.3, -0.25) is 4.79 Å². The van der Waals surface area contributed by atoms with Crippen LogP contribution in [0.5, 0.6) is 5.75 Å². The van der Waals surface area contributed by atoms with E-state index in [1.807, 2.05) is 112 Å². The van der Waals surface area contributed by atoms with Gasteiger partial charge in [-0.05, 0) is 85.5 Å². The number of carbonyl (C=O) groups is 2. The van der Waals surface area contributed by atoms with Crippen LogP contribution in [-0.2, 0) is 16.1 Å². The Morgan fingerprint density at radius 2 is 1.51 bits per heavy atom. The van der Waals surface area contributed by atoms with Crippen molar-refractivity contribution in [3.63, 3.8) is 0 Å². The SMILES string of the molecule is Cc1c(Br)ccc(NC(=O)COC(=O)c2c(C)c(-c3ccc(OCc4ccccc4)cc3)nc3ccccc23)c1C. The molecule has 5 aromatic rings. The van der Waals surface area contributed by atoms with Crippen LogP contribution in [-0.4, -0.2) is 23.5 Å². The molecule has 0 spiro atoms. The fraction of sp³-hybridized carbons (Fsp3) is 0.147. The number of rotatable bonds is 8. The third-order valence-electron chi connectivity index (χ3n) is 7.05. The molecule has 0 radical (unpaired) electrons. The molecular weight excluding hydrogens is 580 g/mol. The summed E-state index contributed by atoms with van der Waals surface area (Å²) in [5.74, 6) is -0.257. The number of amides is 1. The zero-order chi connectivity index (χ0) is 28.9. The number of benzene rings is 4. The van der Waals surface area contributed by atoms with Gasteiger partial charge in [-0.2, -0.15) is 0 Å². The molecule has 0 fully saturated rings. The Morgan fingerprint density at radius 1 is 0.805 bits per heavy atom. The minimum atomic E-state index is -0.580. The second-order valence-corrected chi connectivity index (χ2v) is 10.6. The average molecular weight is 610 g/mol. The molecule has 5 rings (SSSR count). The lowest BCUT2D eigenvalue weighted by atomic mass is 9.97. The Labute approximate surface area is 247 Å². The Hall–Kier alpha value is -4.49. The predicted octanol–water partition coefficient (Wildman–Crippen LogP) is 7.96. The monoisotopic (exact) mass is 608 g/mol. The maximum absolute atomic E-state index is 13.4. The molecular formula is C34H29BrN2O4. The first-order valence-electron chi connectivity index (χ1n) is 13.2. The number of nitrogens with one attached hydrogen (secondary N) is 1.